The van der Waals surface area contributed by atoms with Crippen LogP contribution in [0.25, 0.3) is 42.1 Å². The van der Waals surface area contributed by atoms with Gasteiger partial charge in [-0.15, -0.1) is 11.3 Å². The standard InChI is InChI=1S/C22H13ClS/c23-19-12-16-8-4-5-9-17(16)22-21(19)18-11-10-15(13-20(18)24-22)14-6-2-1-3-7-14/h1-13H/i1D,2D,3D,4D,5D,6D,7D,8D,9D,10D,11D,12D,13D. The summed E-state index contributed by atoms with van der Waals surface area (Å²) in [5.41, 5.74) is -0.734. The molecular weight excluding hydrogens is 332 g/mol. The summed E-state index contributed by atoms with van der Waals surface area (Å²) in [5.74, 6) is 0. The van der Waals surface area contributed by atoms with Gasteiger partial charge in [0.1, 0.15) is 0 Å². The van der Waals surface area contributed by atoms with Crippen LogP contribution in [-0.2, 0) is 0 Å². The van der Waals surface area contributed by atoms with Crippen LogP contribution in [0.15, 0.2) is 78.6 Å². The van der Waals surface area contributed by atoms with Gasteiger partial charge >= 0.3 is 0 Å². The third-order valence-corrected chi connectivity index (χ3v) is 4.98. The van der Waals surface area contributed by atoms with Gasteiger partial charge in [0.05, 0.1) is 22.8 Å². The SMILES string of the molecule is [2H]c1c([2H])c([2H])c(-c2c([2H])c([2H])c3c(sc4c5c([2H])c([2H])c([2H])c([2H])c5c([2H])c(Cl)c43)c2[2H])c([2H])c1[2H]. The first-order valence-corrected chi connectivity index (χ1v) is 8.04. The fourth-order valence-corrected chi connectivity index (χ4v) is 4.06. The van der Waals surface area contributed by atoms with E-state index in [1.165, 1.54) is 0 Å². The van der Waals surface area contributed by atoms with E-state index in [1.54, 1.807) is 0 Å². The van der Waals surface area contributed by atoms with Crippen molar-refractivity contribution >= 4 is 53.9 Å². The van der Waals surface area contributed by atoms with Crippen molar-refractivity contribution in [1.29, 1.82) is 0 Å². The minimum Gasteiger partial charge on any atom is -0.134 e. The molecule has 1 aromatic heterocycles. The number of halogens is 1. The summed E-state index contributed by atoms with van der Waals surface area (Å²) in [4.78, 5) is 0. The molecule has 24 heavy (non-hydrogen) atoms. The lowest BCUT2D eigenvalue weighted by Gasteiger charge is -2.03. The van der Waals surface area contributed by atoms with Gasteiger partial charge in [-0.3, -0.25) is 0 Å². The van der Waals surface area contributed by atoms with Crippen molar-refractivity contribution in [2.75, 3.05) is 0 Å². The summed E-state index contributed by atoms with van der Waals surface area (Å²) in [6.07, 6.45) is 0. The minimum absolute atomic E-state index is 0.00807. The largest absolute Gasteiger partial charge is 0.134 e. The van der Waals surface area contributed by atoms with E-state index in [1.807, 2.05) is 0 Å². The second-order valence-corrected chi connectivity index (χ2v) is 6.35. The van der Waals surface area contributed by atoms with Gasteiger partial charge < -0.3 is 0 Å². The summed E-state index contributed by atoms with van der Waals surface area (Å²) in [7, 11) is 0. The van der Waals surface area contributed by atoms with E-state index in [-0.39, 0.29) is 47.6 Å². The monoisotopic (exact) mass is 357 g/mol. The molecule has 0 aliphatic heterocycles. The van der Waals surface area contributed by atoms with Gasteiger partial charge in [-0.1, -0.05) is 78.1 Å². The Hall–Kier alpha value is -2.35. The molecule has 0 aliphatic rings. The molecule has 0 unspecified atom stereocenters. The molecule has 0 saturated heterocycles. The highest BCUT2D eigenvalue weighted by Crippen LogP contribution is 2.43. The zero-order valence-corrected chi connectivity index (χ0v) is 13.4. The topological polar surface area (TPSA) is 0 Å². The van der Waals surface area contributed by atoms with Gasteiger partial charge in [0.15, 0.2) is 0 Å². The second kappa shape index (κ2) is 5.34. The second-order valence-electron chi connectivity index (χ2n) is 4.95. The van der Waals surface area contributed by atoms with Crippen LogP contribution in [0.2, 0.25) is 5.02 Å². The quantitative estimate of drug-likeness (QED) is 0.291. The Bertz CT molecular complexity index is 1850. The number of rotatable bonds is 1. The molecule has 5 rings (SSSR count). The summed E-state index contributed by atoms with van der Waals surface area (Å²) in [6, 6.07) is -6.96. The van der Waals surface area contributed by atoms with Crippen molar-refractivity contribution < 1.29 is 17.8 Å². The molecule has 5 aromatic rings. The molecule has 0 aliphatic carbocycles. The maximum Gasteiger partial charge on any atom is 0.0645 e. The average Bonchev–Trinajstić information content (AvgIpc) is 3.27. The van der Waals surface area contributed by atoms with E-state index < -0.39 is 78.1 Å². The fraction of sp³-hybridized carbons (Fsp3) is 0. The summed E-state index contributed by atoms with van der Waals surface area (Å²) in [5, 5.41) is -0.235. The molecule has 4 aromatic carbocycles. The zero-order valence-electron chi connectivity index (χ0n) is 24.8. The first-order chi connectivity index (χ1) is 17.2. The van der Waals surface area contributed by atoms with E-state index >= 15 is 0 Å². The molecular formula is C22H13ClS. The predicted octanol–water partition coefficient (Wildman–Crippen LogP) is 7.53. The van der Waals surface area contributed by atoms with Gasteiger partial charge in [-0.25, -0.2) is 0 Å². The first-order valence-electron chi connectivity index (χ1n) is 13.3. The molecule has 0 nitrogen and oxygen atoms in total. The number of hydrogen-bond acceptors (Lipinski definition) is 1. The lowest BCUT2D eigenvalue weighted by Crippen LogP contribution is -1.77. The van der Waals surface area contributed by atoms with Crippen molar-refractivity contribution in [3.05, 3.63) is 83.6 Å². The van der Waals surface area contributed by atoms with Crippen molar-refractivity contribution in [3.8, 4) is 11.1 Å². The number of hydrogen-bond donors (Lipinski definition) is 0. The molecule has 0 fully saturated rings. The normalized spacial score (nSPS) is 19.1. The van der Waals surface area contributed by atoms with Crippen molar-refractivity contribution in [2.45, 2.75) is 0 Å². The Labute approximate surface area is 167 Å². The highest BCUT2D eigenvalue weighted by atomic mass is 35.5. The Morgan fingerprint density at radius 3 is 2.42 bits per heavy atom. The smallest absolute Gasteiger partial charge is 0.0645 e. The molecule has 0 saturated carbocycles. The average molecular weight is 358 g/mol. The molecule has 0 bridgehead atoms. The Balaban J connectivity index is 2.07. The van der Waals surface area contributed by atoms with Gasteiger partial charge in [0.25, 0.3) is 0 Å². The van der Waals surface area contributed by atoms with E-state index in [4.69, 9.17) is 29.4 Å². The van der Waals surface area contributed by atoms with Gasteiger partial charge in [0, 0.05) is 20.2 Å². The number of thiophene rings is 1. The van der Waals surface area contributed by atoms with Crippen molar-refractivity contribution in [3.63, 3.8) is 0 Å². The predicted molar refractivity (Wildman–Crippen MR) is 107 cm³/mol. The molecule has 2 heteroatoms. The lowest BCUT2D eigenvalue weighted by molar-refractivity contribution is 1.66. The number of fused-ring (bicyclic) bond motifs is 5. The summed E-state index contributed by atoms with van der Waals surface area (Å²) < 4.78 is 108. The summed E-state index contributed by atoms with van der Waals surface area (Å²) in [6.45, 7) is 0. The highest BCUT2D eigenvalue weighted by molar-refractivity contribution is 7.26. The maximum atomic E-state index is 8.87. The Morgan fingerprint density at radius 1 is 0.750 bits per heavy atom. The van der Waals surface area contributed by atoms with E-state index in [9.17, 15) is 0 Å². The third kappa shape index (κ3) is 2.06. The van der Waals surface area contributed by atoms with Crippen LogP contribution in [0, 0.1) is 0 Å². The van der Waals surface area contributed by atoms with Crippen LogP contribution in [0.5, 0.6) is 0 Å². The zero-order chi connectivity index (χ0) is 27.4. The van der Waals surface area contributed by atoms with Crippen LogP contribution in [0.1, 0.15) is 17.8 Å². The van der Waals surface area contributed by atoms with Gasteiger partial charge in [-0.2, -0.15) is 0 Å². The van der Waals surface area contributed by atoms with E-state index in [2.05, 4.69) is 0 Å². The van der Waals surface area contributed by atoms with Crippen LogP contribution in [0.4, 0.5) is 0 Å². The Kier molecular flexibility index (Phi) is 1.37. The highest BCUT2D eigenvalue weighted by Gasteiger charge is 2.12. The van der Waals surface area contributed by atoms with Gasteiger partial charge in [0.2, 0.25) is 0 Å². The van der Waals surface area contributed by atoms with Crippen LogP contribution in [-0.4, -0.2) is 0 Å². The van der Waals surface area contributed by atoms with Crippen molar-refractivity contribution in [1.82, 2.24) is 0 Å². The van der Waals surface area contributed by atoms with Gasteiger partial charge in [-0.05, 0) is 34.0 Å². The lowest BCUT2D eigenvalue weighted by atomic mass is 10.0. The fourth-order valence-electron chi connectivity index (χ4n) is 2.54. The molecule has 114 valence electrons. The van der Waals surface area contributed by atoms with E-state index in [0.29, 0.717) is 0 Å². The third-order valence-electron chi connectivity index (χ3n) is 3.58. The molecule has 0 N–H and O–H groups in total. The molecule has 0 amide bonds. The number of benzene rings is 4. The molecule has 0 radical (unpaired) electrons. The van der Waals surface area contributed by atoms with E-state index in [0.717, 1.165) is 11.3 Å². The van der Waals surface area contributed by atoms with Crippen LogP contribution >= 0.6 is 22.9 Å². The van der Waals surface area contributed by atoms with Crippen LogP contribution in [0.3, 0.4) is 0 Å². The molecule has 0 spiro atoms. The van der Waals surface area contributed by atoms with Crippen LogP contribution < -0.4 is 0 Å². The molecule has 0 atom stereocenters. The maximum absolute atomic E-state index is 8.87. The molecule has 1 heterocycles. The first kappa shape index (κ1) is 6.18. The minimum atomic E-state index is -0.651. The summed E-state index contributed by atoms with van der Waals surface area (Å²) >= 11 is 7.39. The Morgan fingerprint density at radius 2 is 1.54 bits per heavy atom. The van der Waals surface area contributed by atoms with Crippen molar-refractivity contribution in [2.24, 2.45) is 0 Å².